The number of hydrogen-bond donors (Lipinski definition) is 1. The molecule has 1 heterocycles. The fourth-order valence-corrected chi connectivity index (χ4v) is 1.61. The van der Waals surface area contributed by atoms with Gasteiger partial charge in [-0.2, -0.15) is 0 Å². The van der Waals surface area contributed by atoms with Gasteiger partial charge in [-0.25, -0.2) is 4.98 Å². The summed E-state index contributed by atoms with van der Waals surface area (Å²) in [5.41, 5.74) is 7.14. The second kappa shape index (κ2) is 5.31. The van der Waals surface area contributed by atoms with Gasteiger partial charge in [0.1, 0.15) is 5.82 Å². The Bertz CT molecular complexity index is 522. The van der Waals surface area contributed by atoms with Crippen LogP contribution in [0.3, 0.4) is 0 Å². The van der Waals surface area contributed by atoms with Gasteiger partial charge in [-0.3, -0.25) is 9.69 Å². The summed E-state index contributed by atoms with van der Waals surface area (Å²) < 4.78 is 0. The van der Waals surface area contributed by atoms with Crippen LogP contribution in [0.15, 0.2) is 48.7 Å². The average molecular weight is 241 g/mol. The van der Waals surface area contributed by atoms with E-state index in [1.807, 2.05) is 30.3 Å². The van der Waals surface area contributed by atoms with E-state index in [0.29, 0.717) is 17.9 Å². The summed E-state index contributed by atoms with van der Waals surface area (Å²) in [6, 6.07) is 13.1. The summed E-state index contributed by atoms with van der Waals surface area (Å²) in [6.07, 6.45) is 1.91. The van der Waals surface area contributed by atoms with Crippen molar-refractivity contribution in [1.29, 1.82) is 0 Å². The van der Waals surface area contributed by atoms with Crippen molar-refractivity contribution in [3.05, 3.63) is 54.2 Å². The maximum Gasteiger partial charge on any atom is 0.232 e. The van der Waals surface area contributed by atoms with Gasteiger partial charge in [0.25, 0.3) is 0 Å². The molecule has 2 rings (SSSR count). The minimum absolute atomic E-state index is 0.00142. The monoisotopic (exact) mass is 241 g/mol. The summed E-state index contributed by atoms with van der Waals surface area (Å²) in [6.45, 7) is 0. The highest BCUT2D eigenvalue weighted by molar-refractivity contribution is 5.93. The fraction of sp³-hybridized carbons (Fsp3) is 0.143. The van der Waals surface area contributed by atoms with E-state index in [2.05, 4.69) is 4.98 Å². The van der Waals surface area contributed by atoms with Gasteiger partial charge in [0, 0.05) is 7.05 Å². The molecule has 2 aromatic rings. The van der Waals surface area contributed by atoms with Gasteiger partial charge in [0.15, 0.2) is 0 Å². The Labute approximate surface area is 106 Å². The highest BCUT2D eigenvalue weighted by Crippen LogP contribution is 2.12. The Kier molecular flexibility index (Phi) is 3.57. The van der Waals surface area contributed by atoms with Crippen molar-refractivity contribution in [2.45, 2.75) is 6.42 Å². The van der Waals surface area contributed by atoms with Gasteiger partial charge in [0.05, 0.1) is 18.3 Å². The number of carbonyl (C=O) groups excluding carboxylic acids is 1. The number of nitrogen functional groups attached to an aromatic ring is 1. The molecule has 0 saturated heterocycles. The molecule has 92 valence electrons. The standard InChI is InChI=1S/C14H15N3O/c1-17(13-8-7-12(15)10-16-13)14(18)9-11-5-3-2-4-6-11/h2-8,10H,9,15H2,1H3. The van der Waals surface area contributed by atoms with Crippen LogP contribution in [0.5, 0.6) is 0 Å². The maximum atomic E-state index is 12.1. The third kappa shape index (κ3) is 2.85. The van der Waals surface area contributed by atoms with E-state index in [1.165, 1.54) is 4.90 Å². The SMILES string of the molecule is CN(C(=O)Cc1ccccc1)c1ccc(N)cn1. The Morgan fingerprint density at radius 2 is 1.94 bits per heavy atom. The Balaban J connectivity index is 2.07. The van der Waals surface area contributed by atoms with Gasteiger partial charge in [-0.15, -0.1) is 0 Å². The number of anilines is 2. The number of nitrogens with zero attached hydrogens (tertiary/aromatic N) is 2. The summed E-state index contributed by atoms with van der Waals surface area (Å²) in [5.74, 6) is 0.601. The third-order valence-electron chi connectivity index (χ3n) is 2.69. The van der Waals surface area contributed by atoms with Crippen molar-refractivity contribution in [3.63, 3.8) is 0 Å². The number of aromatic nitrogens is 1. The lowest BCUT2D eigenvalue weighted by Crippen LogP contribution is -2.28. The van der Waals surface area contributed by atoms with Crippen LogP contribution >= 0.6 is 0 Å². The summed E-state index contributed by atoms with van der Waals surface area (Å²) >= 11 is 0. The quantitative estimate of drug-likeness (QED) is 0.892. The van der Waals surface area contributed by atoms with Crippen molar-refractivity contribution in [1.82, 2.24) is 4.98 Å². The number of nitrogens with two attached hydrogens (primary N) is 1. The molecule has 18 heavy (non-hydrogen) atoms. The molecule has 1 aromatic carbocycles. The Morgan fingerprint density at radius 1 is 1.22 bits per heavy atom. The maximum absolute atomic E-state index is 12.1. The molecular formula is C14H15N3O. The van der Waals surface area contributed by atoms with E-state index in [1.54, 1.807) is 25.4 Å². The fourth-order valence-electron chi connectivity index (χ4n) is 1.61. The molecule has 1 amide bonds. The van der Waals surface area contributed by atoms with Gasteiger partial charge in [-0.05, 0) is 17.7 Å². The first-order valence-electron chi connectivity index (χ1n) is 5.69. The Hall–Kier alpha value is -2.36. The lowest BCUT2D eigenvalue weighted by atomic mass is 10.1. The molecule has 1 aromatic heterocycles. The van der Waals surface area contributed by atoms with Crippen LogP contribution in [0.25, 0.3) is 0 Å². The van der Waals surface area contributed by atoms with Crippen molar-refractivity contribution < 1.29 is 4.79 Å². The highest BCUT2D eigenvalue weighted by atomic mass is 16.2. The summed E-state index contributed by atoms with van der Waals surface area (Å²) in [4.78, 5) is 17.7. The zero-order chi connectivity index (χ0) is 13.0. The number of amides is 1. The predicted octanol–water partition coefficient (Wildman–Crippen LogP) is 1.87. The van der Waals surface area contributed by atoms with Crippen LogP contribution in [-0.4, -0.2) is 17.9 Å². The van der Waals surface area contributed by atoms with Crippen LogP contribution in [0.2, 0.25) is 0 Å². The largest absolute Gasteiger partial charge is 0.397 e. The molecule has 4 heteroatoms. The lowest BCUT2D eigenvalue weighted by Gasteiger charge is -2.16. The molecule has 4 nitrogen and oxygen atoms in total. The third-order valence-corrected chi connectivity index (χ3v) is 2.69. The smallest absolute Gasteiger partial charge is 0.232 e. The zero-order valence-corrected chi connectivity index (χ0v) is 10.2. The minimum Gasteiger partial charge on any atom is -0.397 e. The van der Waals surface area contributed by atoms with Crippen molar-refractivity contribution in [2.75, 3.05) is 17.7 Å². The van der Waals surface area contributed by atoms with Gasteiger partial charge >= 0.3 is 0 Å². The number of likely N-dealkylation sites (N-methyl/N-ethyl adjacent to an activating group) is 1. The molecule has 2 N–H and O–H groups in total. The van der Waals surface area contributed by atoms with Crippen molar-refractivity contribution >= 4 is 17.4 Å². The first-order valence-corrected chi connectivity index (χ1v) is 5.69. The van der Waals surface area contributed by atoms with Crippen LogP contribution in [0, 0.1) is 0 Å². The van der Waals surface area contributed by atoms with E-state index >= 15 is 0 Å². The molecule has 0 aliphatic heterocycles. The number of pyridine rings is 1. The van der Waals surface area contributed by atoms with E-state index in [0.717, 1.165) is 5.56 Å². The number of hydrogen-bond acceptors (Lipinski definition) is 3. The molecule has 0 bridgehead atoms. The van der Waals surface area contributed by atoms with Crippen LogP contribution < -0.4 is 10.6 Å². The molecule has 0 spiro atoms. The first kappa shape index (κ1) is 12.1. The van der Waals surface area contributed by atoms with E-state index < -0.39 is 0 Å². The van der Waals surface area contributed by atoms with E-state index in [4.69, 9.17) is 5.73 Å². The highest BCUT2D eigenvalue weighted by Gasteiger charge is 2.12. The Morgan fingerprint density at radius 3 is 2.56 bits per heavy atom. The molecule has 0 saturated carbocycles. The van der Waals surface area contributed by atoms with Crippen LogP contribution in [-0.2, 0) is 11.2 Å². The van der Waals surface area contributed by atoms with Crippen molar-refractivity contribution in [3.8, 4) is 0 Å². The van der Waals surface area contributed by atoms with Gasteiger partial charge < -0.3 is 5.73 Å². The summed E-state index contributed by atoms with van der Waals surface area (Å²) in [7, 11) is 1.71. The number of benzene rings is 1. The second-order valence-corrected chi connectivity index (χ2v) is 4.06. The molecule has 0 unspecified atom stereocenters. The van der Waals surface area contributed by atoms with Gasteiger partial charge in [-0.1, -0.05) is 30.3 Å². The van der Waals surface area contributed by atoms with E-state index in [9.17, 15) is 4.79 Å². The number of carbonyl (C=O) groups is 1. The molecule has 0 aliphatic carbocycles. The van der Waals surface area contributed by atoms with Crippen molar-refractivity contribution in [2.24, 2.45) is 0 Å². The molecule has 0 radical (unpaired) electrons. The van der Waals surface area contributed by atoms with Crippen LogP contribution in [0.4, 0.5) is 11.5 Å². The second-order valence-electron chi connectivity index (χ2n) is 4.06. The van der Waals surface area contributed by atoms with E-state index in [-0.39, 0.29) is 5.91 Å². The summed E-state index contributed by atoms with van der Waals surface area (Å²) in [5, 5.41) is 0. The average Bonchev–Trinajstić information content (AvgIpc) is 2.40. The molecule has 0 aliphatic rings. The zero-order valence-electron chi connectivity index (χ0n) is 10.2. The van der Waals surface area contributed by atoms with Crippen LogP contribution in [0.1, 0.15) is 5.56 Å². The molecule has 0 fully saturated rings. The van der Waals surface area contributed by atoms with Gasteiger partial charge in [0.2, 0.25) is 5.91 Å². The first-order chi connectivity index (χ1) is 8.66. The number of rotatable bonds is 3. The normalized spacial score (nSPS) is 10.1. The molecule has 0 atom stereocenters. The molecular weight excluding hydrogens is 226 g/mol. The minimum atomic E-state index is -0.00142. The lowest BCUT2D eigenvalue weighted by molar-refractivity contribution is -0.117. The topological polar surface area (TPSA) is 59.2 Å². The predicted molar refractivity (Wildman–Crippen MR) is 72.2 cm³/mol.